The van der Waals surface area contributed by atoms with E-state index in [1.165, 1.54) is 0 Å². The van der Waals surface area contributed by atoms with E-state index < -0.39 is 18.7 Å². The smallest absolute Gasteiger partial charge is 0.352 e. The Bertz CT molecular complexity index is 1010. The van der Waals surface area contributed by atoms with E-state index in [1.54, 1.807) is 24.3 Å². The van der Waals surface area contributed by atoms with Crippen LogP contribution in [0.5, 0.6) is 6.01 Å². The molecular weight excluding hydrogens is 382 g/mol. The van der Waals surface area contributed by atoms with Gasteiger partial charge in [0.2, 0.25) is 0 Å². The zero-order valence-electron chi connectivity index (χ0n) is 14.0. The standard InChI is InChI=1S/C17H15ClF2N4O3/c18-10-5-3-9(4-6-10)13-14(11-2-1-7-26-11)23-24-15(13)21-16(22-17(24)25)27-8-12(19)20/h3-6,11-12H,1-2,7-8H2,(H,21,22,25). The van der Waals surface area contributed by atoms with Crippen LogP contribution in [0.1, 0.15) is 24.6 Å². The van der Waals surface area contributed by atoms with Gasteiger partial charge < -0.3 is 9.47 Å². The summed E-state index contributed by atoms with van der Waals surface area (Å²) < 4.78 is 36.6. The first-order chi connectivity index (χ1) is 13.0. The summed E-state index contributed by atoms with van der Waals surface area (Å²) in [6.07, 6.45) is -1.32. The molecule has 2 aromatic heterocycles. The Morgan fingerprint density at radius 1 is 1.37 bits per heavy atom. The van der Waals surface area contributed by atoms with Gasteiger partial charge in [-0.25, -0.2) is 13.6 Å². The molecule has 1 saturated heterocycles. The minimum Gasteiger partial charge on any atom is -0.459 e. The highest BCUT2D eigenvalue weighted by atomic mass is 35.5. The molecule has 10 heteroatoms. The molecule has 27 heavy (non-hydrogen) atoms. The van der Waals surface area contributed by atoms with Crippen LogP contribution in [0.15, 0.2) is 29.1 Å². The number of nitrogens with one attached hydrogen (secondary N) is 1. The fourth-order valence-electron chi connectivity index (χ4n) is 3.06. The Balaban J connectivity index is 1.90. The second-order valence-electron chi connectivity index (χ2n) is 6.05. The van der Waals surface area contributed by atoms with Crippen LogP contribution >= 0.6 is 11.6 Å². The Labute approximate surface area is 156 Å². The molecule has 1 N–H and O–H groups in total. The first kappa shape index (κ1) is 17.9. The fraction of sp³-hybridized carbons (Fsp3) is 0.353. The van der Waals surface area contributed by atoms with Gasteiger partial charge in [0, 0.05) is 11.6 Å². The maximum atomic E-state index is 12.4. The molecule has 0 amide bonds. The maximum Gasteiger partial charge on any atom is 0.352 e. The average molecular weight is 397 g/mol. The molecule has 0 radical (unpaired) electrons. The van der Waals surface area contributed by atoms with Gasteiger partial charge in [-0.05, 0) is 30.5 Å². The Hall–Kier alpha value is -2.52. The molecule has 0 spiro atoms. The summed E-state index contributed by atoms with van der Waals surface area (Å²) in [6, 6.07) is 6.69. The van der Waals surface area contributed by atoms with Crippen LogP contribution in [0.3, 0.4) is 0 Å². The van der Waals surface area contributed by atoms with Gasteiger partial charge in [-0.2, -0.15) is 14.6 Å². The summed E-state index contributed by atoms with van der Waals surface area (Å²) in [4.78, 5) is 18.9. The number of fused-ring (bicyclic) bond motifs is 1. The van der Waals surface area contributed by atoms with Crippen LogP contribution in [0.25, 0.3) is 16.8 Å². The van der Waals surface area contributed by atoms with E-state index >= 15 is 0 Å². The lowest BCUT2D eigenvalue weighted by Gasteiger charge is -2.09. The van der Waals surface area contributed by atoms with Gasteiger partial charge in [0.05, 0.1) is 5.56 Å². The molecule has 1 fully saturated rings. The Morgan fingerprint density at radius 2 is 2.15 bits per heavy atom. The fourth-order valence-corrected chi connectivity index (χ4v) is 3.19. The van der Waals surface area contributed by atoms with Gasteiger partial charge in [0.25, 0.3) is 12.4 Å². The van der Waals surface area contributed by atoms with Crippen LogP contribution in [-0.2, 0) is 4.74 Å². The first-order valence-corrected chi connectivity index (χ1v) is 8.72. The molecule has 0 bridgehead atoms. The summed E-state index contributed by atoms with van der Waals surface area (Å²) in [5, 5.41) is 4.93. The normalized spacial score (nSPS) is 17.1. The molecule has 142 valence electrons. The first-order valence-electron chi connectivity index (χ1n) is 8.34. The topological polar surface area (TPSA) is 81.5 Å². The summed E-state index contributed by atoms with van der Waals surface area (Å²) in [5.41, 5.74) is 1.46. The van der Waals surface area contributed by atoms with Crippen molar-refractivity contribution in [1.29, 1.82) is 0 Å². The lowest BCUT2D eigenvalue weighted by atomic mass is 10.0. The number of halogens is 3. The molecule has 0 aliphatic carbocycles. The van der Waals surface area contributed by atoms with Gasteiger partial charge in [-0.15, -0.1) is 0 Å². The maximum absolute atomic E-state index is 12.4. The van der Waals surface area contributed by atoms with E-state index in [9.17, 15) is 13.6 Å². The van der Waals surface area contributed by atoms with Crippen LogP contribution in [-0.4, -0.2) is 39.2 Å². The van der Waals surface area contributed by atoms with Crippen molar-refractivity contribution in [3.8, 4) is 17.1 Å². The number of benzene rings is 1. The van der Waals surface area contributed by atoms with E-state index in [2.05, 4.69) is 15.1 Å². The third kappa shape index (κ3) is 3.52. The number of H-pyrrole nitrogens is 1. The molecule has 1 atom stereocenters. The summed E-state index contributed by atoms with van der Waals surface area (Å²) >= 11 is 5.97. The van der Waals surface area contributed by atoms with Crippen LogP contribution in [0.2, 0.25) is 5.02 Å². The molecule has 1 aliphatic rings. The molecule has 7 nitrogen and oxygen atoms in total. The molecular formula is C17H15ClF2N4O3. The quantitative estimate of drug-likeness (QED) is 0.716. The largest absolute Gasteiger partial charge is 0.459 e. The number of ether oxygens (including phenoxy) is 2. The van der Waals surface area contributed by atoms with Crippen molar-refractivity contribution in [3.05, 3.63) is 45.5 Å². The van der Waals surface area contributed by atoms with E-state index in [0.29, 0.717) is 22.9 Å². The molecule has 1 aromatic carbocycles. The monoisotopic (exact) mass is 396 g/mol. The lowest BCUT2D eigenvalue weighted by Crippen LogP contribution is -2.21. The highest BCUT2D eigenvalue weighted by molar-refractivity contribution is 6.30. The zero-order valence-corrected chi connectivity index (χ0v) is 14.7. The van der Waals surface area contributed by atoms with Gasteiger partial charge in [0.1, 0.15) is 11.8 Å². The van der Waals surface area contributed by atoms with Crippen molar-refractivity contribution in [1.82, 2.24) is 19.6 Å². The minimum absolute atomic E-state index is 0.204. The number of alkyl halides is 2. The molecule has 0 saturated carbocycles. The van der Waals surface area contributed by atoms with Crippen molar-refractivity contribution in [2.45, 2.75) is 25.4 Å². The van der Waals surface area contributed by atoms with Crippen LogP contribution in [0.4, 0.5) is 8.78 Å². The van der Waals surface area contributed by atoms with E-state index in [-0.39, 0.29) is 17.8 Å². The third-order valence-corrected chi connectivity index (χ3v) is 4.47. The van der Waals surface area contributed by atoms with E-state index in [1.807, 2.05) is 0 Å². The van der Waals surface area contributed by atoms with Crippen LogP contribution in [0, 0.1) is 0 Å². The van der Waals surface area contributed by atoms with Crippen molar-refractivity contribution < 1.29 is 18.3 Å². The number of hydrogen-bond donors (Lipinski definition) is 1. The second kappa shape index (κ2) is 7.24. The predicted molar refractivity (Wildman–Crippen MR) is 93.5 cm³/mol. The summed E-state index contributed by atoms with van der Waals surface area (Å²) in [5.74, 6) is 0. The van der Waals surface area contributed by atoms with Crippen LogP contribution < -0.4 is 10.4 Å². The van der Waals surface area contributed by atoms with Gasteiger partial charge in [0.15, 0.2) is 12.3 Å². The molecule has 3 heterocycles. The average Bonchev–Trinajstić information content (AvgIpc) is 3.28. The van der Waals surface area contributed by atoms with E-state index in [0.717, 1.165) is 22.9 Å². The van der Waals surface area contributed by atoms with Gasteiger partial charge >= 0.3 is 5.69 Å². The summed E-state index contributed by atoms with van der Waals surface area (Å²) in [7, 11) is 0. The summed E-state index contributed by atoms with van der Waals surface area (Å²) in [6.45, 7) is -0.271. The van der Waals surface area contributed by atoms with Crippen molar-refractivity contribution >= 4 is 17.2 Å². The second-order valence-corrected chi connectivity index (χ2v) is 6.49. The molecule has 1 unspecified atom stereocenters. The highest BCUT2D eigenvalue weighted by Crippen LogP contribution is 2.37. The number of nitrogens with zero attached hydrogens (tertiary/aromatic N) is 3. The zero-order chi connectivity index (χ0) is 19.0. The third-order valence-electron chi connectivity index (χ3n) is 4.22. The van der Waals surface area contributed by atoms with E-state index in [4.69, 9.17) is 21.1 Å². The SMILES string of the molecule is O=c1[nH]c(OCC(F)F)nc2c(-c3ccc(Cl)cc3)c(C3CCCO3)nn12. The number of aromatic amines is 1. The Kier molecular flexibility index (Phi) is 4.79. The minimum atomic E-state index is -2.69. The predicted octanol–water partition coefficient (Wildman–Crippen LogP) is 3.23. The van der Waals surface area contributed by atoms with Crippen molar-refractivity contribution in [2.24, 2.45) is 0 Å². The van der Waals surface area contributed by atoms with Gasteiger partial charge in [-0.1, -0.05) is 23.7 Å². The number of hydrogen-bond acceptors (Lipinski definition) is 5. The molecule has 3 aromatic rings. The number of rotatable bonds is 5. The van der Waals surface area contributed by atoms with Crippen molar-refractivity contribution in [3.63, 3.8) is 0 Å². The number of aromatic nitrogens is 4. The molecule has 1 aliphatic heterocycles. The van der Waals surface area contributed by atoms with Crippen molar-refractivity contribution in [2.75, 3.05) is 13.2 Å². The molecule has 4 rings (SSSR count). The lowest BCUT2D eigenvalue weighted by molar-refractivity contribution is 0.0768. The highest BCUT2D eigenvalue weighted by Gasteiger charge is 2.28. The Morgan fingerprint density at radius 3 is 2.81 bits per heavy atom. The van der Waals surface area contributed by atoms with Gasteiger partial charge in [-0.3, -0.25) is 4.98 Å².